The molecule has 21 heavy (non-hydrogen) atoms. The second-order valence-corrected chi connectivity index (χ2v) is 5.64. The summed E-state index contributed by atoms with van der Waals surface area (Å²) in [5.41, 5.74) is -0.0426. The highest BCUT2D eigenvalue weighted by atomic mass is 16.5. The summed E-state index contributed by atoms with van der Waals surface area (Å²) in [5.74, 6) is 0.304. The molecule has 116 valence electrons. The Kier molecular flexibility index (Phi) is 4.69. The van der Waals surface area contributed by atoms with Crippen molar-refractivity contribution in [2.24, 2.45) is 0 Å². The smallest absolute Gasteiger partial charge is 0.244 e. The first kappa shape index (κ1) is 15.6. The number of carbonyl (C=O) groups is 1. The Hall–Kier alpha value is -1.79. The largest absolute Gasteiger partial charge is 0.504 e. The van der Waals surface area contributed by atoms with E-state index >= 15 is 0 Å². The number of carbonyl (C=O) groups excluding carboxylic acids is 1. The van der Waals surface area contributed by atoms with E-state index in [1.54, 1.807) is 12.1 Å². The molecule has 0 unspecified atom stereocenters. The summed E-state index contributed by atoms with van der Waals surface area (Å²) in [6.45, 7) is 7.29. The Bertz CT molecular complexity index is 511. The van der Waals surface area contributed by atoms with E-state index in [0.717, 1.165) is 26.2 Å². The summed E-state index contributed by atoms with van der Waals surface area (Å²) in [5, 5.41) is 15.9. The molecule has 1 heterocycles. The molecule has 6 nitrogen and oxygen atoms in total. The van der Waals surface area contributed by atoms with E-state index in [4.69, 9.17) is 4.74 Å². The zero-order chi connectivity index (χ0) is 15.5. The van der Waals surface area contributed by atoms with Crippen LogP contribution < -0.4 is 15.4 Å². The van der Waals surface area contributed by atoms with Crippen molar-refractivity contribution in [2.75, 3.05) is 38.6 Å². The van der Waals surface area contributed by atoms with Crippen LogP contribution in [0.3, 0.4) is 0 Å². The fourth-order valence-electron chi connectivity index (χ4n) is 2.42. The number of nitrogens with zero attached hydrogens (tertiary/aromatic N) is 1. The van der Waals surface area contributed by atoms with Crippen molar-refractivity contribution in [3.8, 4) is 11.5 Å². The van der Waals surface area contributed by atoms with Crippen LogP contribution in [0.4, 0.5) is 5.69 Å². The number of amides is 1. The summed E-state index contributed by atoms with van der Waals surface area (Å²) in [7, 11) is 1.49. The number of hydrogen-bond acceptors (Lipinski definition) is 5. The first-order valence-electron chi connectivity index (χ1n) is 7.09. The van der Waals surface area contributed by atoms with Gasteiger partial charge >= 0.3 is 0 Å². The van der Waals surface area contributed by atoms with Crippen molar-refractivity contribution in [3.05, 3.63) is 18.2 Å². The van der Waals surface area contributed by atoms with Crippen LogP contribution in [0.15, 0.2) is 18.2 Å². The summed E-state index contributed by atoms with van der Waals surface area (Å²) in [4.78, 5) is 14.7. The van der Waals surface area contributed by atoms with Crippen LogP contribution in [0.2, 0.25) is 0 Å². The van der Waals surface area contributed by atoms with Crippen LogP contribution in [0.5, 0.6) is 11.5 Å². The average molecular weight is 293 g/mol. The van der Waals surface area contributed by atoms with E-state index in [2.05, 4.69) is 15.5 Å². The predicted octanol–water partition coefficient (Wildman–Crippen LogP) is 1.02. The molecule has 1 amide bonds. The van der Waals surface area contributed by atoms with Gasteiger partial charge in [0.15, 0.2) is 11.5 Å². The van der Waals surface area contributed by atoms with Crippen LogP contribution >= 0.6 is 0 Å². The van der Waals surface area contributed by atoms with Crippen LogP contribution in [0, 0.1) is 0 Å². The molecule has 1 saturated heterocycles. The molecular formula is C15H23N3O3. The zero-order valence-corrected chi connectivity index (χ0v) is 12.8. The van der Waals surface area contributed by atoms with Crippen molar-refractivity contribution >= 4 is 11.6 Å². The lowest BCUT2D eigenvalue weighted by Gasteiger charge is -2.39. The van der Waals surface area contributed by atoms with Crippen molar-refractivity contribution in [2.45, 2.75) is 19.4 Å². The Morgan fingerprint density at radius 3 is 2.62 bits per heavy atom. The van der Waals surface area contributed by atoms with Gasteiger partial charge in [-0.2, -0.15) is 0 Å². The van der Waals surface area contributed by atoms with Gasteiger partial charge < -0.3 is 20.5 Å². The third-order valence-corrected chi connectivity index (χ3v) is 3.90. The Balaban J connectivity index is 2.07. The van der Waals surface area contributed by atoms with E-state index < -0.39 is 5.54 Å². The fourth-order valence-corrected chi connectivity index (χ4v) is 2.42. The minimum atomic E-state index is -0.600. The van der Waals surface area contributed by atoms with E-state index in [0.29, 0.717) is 11.4 Å². The standard InChI is InChI=1S/C15H23N3O3/c1-15(2,18-8-6-16-7-9-18)14(20)17-11-4-5-13(21-3)12(19)10-11/h4-5,10,16,19H,6-9H2,1-3H3,(H,17,20). The highest BCUT2D eigenvalue weighted by Crippen LogP contribution is 2.29. The summed E-state index contributed by atoms with van der Waals surface area (Å²) < 4.78 is 4.99. The molecule has 1 aromatic carbocycles. The predicted molar refractivity (Wildman–Crippen MR) is 81.8 cm³/mol. The molecule has 3 N–H and O–H groups in total. The van der Waals surface area contributed by atoms with Gasteiger partial charge in [0, 0.05) is 37.9 Å². The normalized spacial score (nSPS) is 16.5. The highest BCUT2D eigenvalue weighted by molar-refractivity contribution is 5.97. The topological polar surface area (TPSA) is 73.8 Å². The van der Waals surface area contributed by atoms with Gasteiger partial charge in [-0.1, -0.05) is 0 Å². The molecule has 0 radical (unpaired) electrons. The van der Waals surface area contributed by atoms with Gasteiger partial charge in [0.2, 0.25) is 5.91 Å². The number of methoxy groups -OCH3 is 1. The molecule has 0 bridgehead atoms. The molecule has 1 aliphatic heterocycles. The Morgan fingerprint density at radius 2 is 2.05 bits per heavy atom. The molecule has 0 saturated carbocycles. The number of ether oxygens (including phenoxy) is 1. The monoisotopic (exact) mass is 293 g/mol. The van der Waals surface area contributed by atoms with Crippen LogP contribution in [0.25, 0.3) is 0 Å². The lowest BCUT2D eigenvalue weighted by Crippen LogP contribution is -2.58. The number of piperazine rings is 1. The van der Waals surface area contributed by atoms with Gasteiger partial charge in [0.25, 0.3) is 0 Å². The lowest BCUT2D eigenvalue weighted by molar-refractivity contribution is -0.126. The van der Waals surface area contributed by atoms with Gasteiger partial charge in [0.1, 0.15) is 0 Å². The highest BCUT2D eigenvalue weighted by Gasteiger charge is 2.35. The maximum absolute atomic E-state index is 12.5. The number of hydrogen-bond donors (Lipinski definition) is 3. The Labute approximate surface area is 125 Å². The van der Waals surface area contributed by atoms with Gasteiger partial charge in [0.05, 0.1) is 12.6 Å². The average Bonchev–Trinajstić information content (AvgIpc) is 2.48. The minimum Gasteiger partial charge on any atom is -0.504 e. The number of nitrogens with one attached hydrogen (secondary N) is 2. The molecular weight excluding hydrogens is 270 g/mol. The van der Waals surface area contributed by atoms with E-state index in [1.165, 1.54) is 13.2 Å². The molecule has 0 spiro atoms. The summed E-state index contributed by atoms with van der Waals surface area (Å²) in [6, 6.07) is 4.83. The molecule has 1 aliphatic rings. The van der Waals surface area contributed by atoms with Crippen molar-refractivity contribution in [1.82, 2.24) is 10.2 Å². The van der Waals surface area contributed by atoms with Crippen LogP contribution in [-0.2, 0) is 4.79 Å². The molecule has 0 aliphatic carbocycles. The number of benzene rings is 1. The minimum absolute atomic E-state index is 0.00952. The first-order valence-corrected chi connectivity index (χ1v) is 7.09. The molecule has 0 atom stereocenters. The maximum atomic E-state index is 12.5. The van der Waals surface area contributed by atoms with Gasteiger partial charge in [-0.05, 0) is 26.0 Å². The maximum Gasteiger partial charge on any atom is 0.244 e. The number of rotatable bonds is 4. The summed E-state index contributed by atoms with van der Waals surface area (Å²) >= 11 is 0. The number of aromatic hydroxyl groups is 1. The molecule has 1 fully saturated rings. The number of anilines is 1. The van der Waals surface area contributed by atoms with Gasteiger partial charge in [-0.25, -0.2) is 0 Å². The second-order valence-electron chi connectivity index (χ2n) is 5.64. The number of phenols is 1. The van der Waals surface area contributed by atoms with E-state index in [-0.39, 0.29) is 11.7 Å². The lowest BCUT2D eigenvalue weighted by atomic mass is 10.0. The van der Waals surface area contributed by atoms with E-state index in [9.17, 15) is 9.90 Å². The SMILES string of the molecule is COc1ccc(NC(=O)C(C)(C)N2CCNCC2)cc1O. The van der Waals surface area contributed by atoms with Crippen molar-refractivity contribution < 1.29 is 14.6 Å². The molecule has 6 heteroatoms. The first-order chi connectivity index (χ1) is 9.95. The van der Waals surface area contributed by atoms with Gasteiger partial charge in [-0.3, -0.25) is 9.69 Å². The second kappa shape index (κ2) is 6.32. The van der Waals surface area contributed by atoms with Gasteiger partial charge in [-0.15, -0.1) is 0 Å². The van der Waals surface area contributed by atoms with E-state index in [1.807, 2.05) is 13.8 Å². The van der Waals surface area contributed by atoms with Crippen LogP contribution in [-0.4, -0.2) is 54.7 Å². The zero-order valence-electron chi connectivity index (χ0n) is 12.8. The molecule has 0 aromatic heterocycles. The third kappa shape index (κ3) is 3.46. The quantitative estimate of drug-likeness (QED) is 0.773. The Morgan fingerprint density at radius 1 is 1.38 bits per heavy atom. The van der Waals surface area contributed by atoms with Crippen LogP contribution in [0.1, 0.15) is 13.8 Å². The number of phenolic OH excluding ortho intramolecular Hbond substituents is 1. The fraction of sp³-hybridized carbons (Fsp3) is 0.533. The summed E-state index contributed by atoms with van der Waals surface area (Å²) in [6.07, 6.45) is 0. The van der Waals surface area contributed by atoms with Crippen molar-refractivity contribution in [3.63, 3.8) is 0 Å². The third-order valence-electron chi connectivity index (χ3n) is 3.90. The molecule has 2 rings (SSSR count). The molecule has 1 aromatic rings. The van der Waals surface area contributed by atoms with Crippen molar-refractivity contribution in [1.29, 1.82) is 0 Å².